The molecule has 0 saturated heterocycles. The number of nitrogens with one attached hydrogen (secondary N) is 1. The normalized spacial score (nSPS) is 10.7. The lowest BCUT2D eigenvalue weighted by atomic mass is 10.3. The van der Waals surface area contributed by atoms with Crippen LogP contribution in [0, 0.1) is 0 Å². The van der Waals surface area contributed by atoms with Crippen molar-refractivity contribution < 1.29 is 0 Å². The van der Waals surface area contributed by atoms with Crippen LogP contribution in [0.15, 0.2) is 35.1 Å². The second kappa shape index (κ2) is 5.27. The fraction of sp³-hybridized carbons (Fsp3) is 0.364. The summed E-state index contributed by atoms with van der Waals surface area (Å²) in [5.74, 6) is 0.863. The number of nitrogens with zero attached hydrogens (tertiary/aromatic N) is 1. The number of aromatic nitrogens is 1. The standard InChI is InChI=1S/C11H16N2O/c1-3-4-5-9-12-10-7-6-8-11(14)13(10)2/h3-4,6-8,12H,5,9H2,1-2H3/b4-3+. The maximum absolute atomic E-state index is 11.2. The Bertz CT molecular complexity index is 366. The van der Waals surface area contributed by atoms with Crippen LogP contribution in [0.4, 0.5) is 5.82 Å². The van der Waals surface area contributed by atoms with Gasteiger partial charge in [0.1, 0.15) is 5.82 Å². The Morgan fingerprint density at radius 2 is 2.29 bits per heavy atom. The molecule has 0 aromatic carbocycles. The quantitative estimate of drug-likeness (QED) is 0.582. The van der Waals surface area contributed by atoms with E-state index < -0.39 is 0 Å². The first kappa shape index (κ1) is 10.6. The highest BCUT2D eigenvalue weighted by Crippen LogP contribution is 2.01. The van der Waals surface area contributed by atoms with Crippen molar-refractivity contribution >= 4 is 5.82 Å². The largest absolute Gasteiger partial charge is 0.371 e. The highest BCUT2D eigenvalue weighted by Gasteiger charge is 1.95. The zero-order valence-corrected chi connectivity index (χ0v) is 8.66. The van der Waals surface area contributed by atoms with Gasteiger partial charge in [-0.1, -0.05) is 18.2 Å². The van der Waals surface area contributed by atoms with E-state index in [2.05, 4.69) is 11.4 Å². The Morgan fingerprint density at radius 1 is 1.50 bits per heavy atom. The topological polar surface area (TPSA) is 34.0 Å². The first-order valence-electron chi connectivity index (χ1n) is 4.77. The maximum Gasteiger partial charge on any atom is 0.251 e. The predicted molar refractivity (Wildman–Crippen MR) is 59.6 cm³/mol. The van der Waals surface area contributed by atoms with Gasteiger partial charge in [-0.25, -0.2) is 0 Å². The molecule has 1 N–H and O–H groups in total. The van der Waals surface area contributed by atoms with E-state index in [4.69, 9.17) is 0 Å². The van der Waals surface area contributed by atoms with Crippen LogP contribution in [-0.2, 0) is 7.05 Å². The zero-order chi connectivity index (χ0) is 10.4. The second-order valence-corrected chi connectivity index (χ2v) is 3.09. The fourth-order valence-electron chi connectivity index (χ4n) is 1.19. The molecule has 1 rings (SSSR count). The smallest absolute Gasteiger partial charge is 0.251 e. The third-order valence-electron chi connectivity index (χ3n) is 2.04. The summed E-state index contributed by atoms with van der Waals surface area (Å²) in [5.41, 5.74) is 0.0148. The summed E-state index contributed by atoms with van der Waals surface area (Å²) >= 11 is 0. The Labute approximate surface area is 84.1 Å². The summed E-state index contributed by atoms with van der Waals surface area (Å²) in [5, 5.41) is 3.20. The molecule has 0 amide bonds. The van der Waals surface area contributed by atoms with Gasteiger partial charge in [0.15, 0.2) is 0 Å². The molecule has 3 nitrogen and oxygen atoms in total. The SMILES string of the molecule is C/C=C/CCNc1cccc(=O)n1C. The fourth-order valence-corrected chi connectivity index (χ4v) is 1.19. The lowest BCUT2D eigenvalue weighted by Crippen LogP contribution is -2.19. The molecule has 0 radical (unpaired) electrons. The van der Waals surface area contributed by atoms with Crippen molar-refractivity contribution in [1.82, 2.24) is 4.57 Å². The summed E-state index contributed by atoms with van der Waals surface area (Å²) in [6, 6.07) is 5.22. The summed E-state index contributed by atoms with van der Waals surface area (Å²) in [7, 11) is 1.76. The highest BCUT2D eigenvalue weighted by atomic mass is 16.1. The molecule has 0 aliphatic rings. The van der Waals surface area contributed by atoms with E-state index in [-0.39, 0.29) is 5.56 Å². The van der Waals surface area contributed by atoms with Gasteiger partial charge in [-0.2, -0.15) is 0 Å². The Balaban J connectivity index is 2.59. The van der Waals surface area contributed by atoms with E-state index >= 15 is 0 Å². The van der Waals surface area contributed by atoms with Gasteiger partial charge in [-0.15, -0.1) is 0 Å². The van der Waals surface area contributed by atoms with Gasteiger partial charge in [0.2, 0.25) is 0 Å². The second-order valence-electron chi connectivity index (χ2n) is 3.09. The minimum absolute atomic E-state index is 0.0148. The monoisotopic (exact) mass is 192 g/mol. The van der Waals surface area contributed by atoms with Gasteiger partial charge >= 0.3 is 0 Å². The van der Waals surface area contributed by atoms with Crippen molar-refractivity contribution in [1.29, 1.82) is 0 Å². The Hall–Kier alpha value is -1.51. The van der Waals surface area contributed by atoms with Crippen molar-refractivity contribution in [3.05, 3.63) is 40.7 Å². The van der Waals surface area contributed by atoms with Gasteiger partial charge in [0, 0.05) is 19.7 Å². The first-order chi connectivity index (χ1) is 6.75. The number of rotatable bonds is 4. The lowest BCUT2D eigenvalue weighted by molar-refractivity contribution is 0.853. The van der Waals surface area contributed by atoms with E-state index in [1.165, 1.54) is 0 Å². The minimum atomic E-state index is 0.0148. The molecule has 3 heteroatoms. The van der Waals surface area contributed by atoms with Crippen LogP contribution >= 0.6 is 0 Å². The molecule has 0 unspecified atom stereocenters. The third kappa shape index (κ3) is 2.76. The van der Waals surface area contributed by atoms with Crippen LogP contribution < -0.4 is 10.9 Å². The molecule has 0 aliphatic heterocycles. The van der Waals surface area contributed by atoms with Crippen LogP contribution in [0.25, 0.3) is 0 Å². The van der Waals surface area contributed by atoms with E-state index in [9.17, 15) is 4.79 Å². The molecule has 1 aromatic heterocycles. The van der Waals surface area contributed by atoms with Crippen molar-refractivity contribution in [2.24, 2.45) is 7.05 Å². The van der Waals surface area contributed by atoms with Crippen molar-refractivity contribution in [2.45, 2.75) is 13.3 Å². The molecule has 0 atom stereocenters. The molecule has 1 aromatic rings. The predicted octanol–water partition coefficient (Wildman–Crippen LogP) is 1.76. The molecule has 1 heterocycles. The Kier molecular flexibility index (Phi) is 3.98. The molecule has 0 saturated carbocycles. The molecule has 0 aliphatic carbocycles. The lowest BCUT2D eigenvalue weighted by Gasteiger charge is -2.08. The molecule has 76 valence electrons. The van der Waals surface area contributed by atoms with E-state index in [1.54, 1.807) is 23.7 Å². The average Bonchev–Trinajstić information content (AvgIpc) is 2.19. The van der Waals surface area contributed by atoms with Gasteiger partial charge in [-0.05, 0) is 19.4 Å². The van der Waals surface area contributed by atoms with E-state index in [1.807, 2.05) is 19.1 Å². The molecular weight excluding hydrogens is 176 g/mol. The van der Waals surface area contributed by atoms with Crippen LogP contribution in [-0.4, -0.2) is 11.1 Å². The Morgan fingerprint density at radius 3 is 3.00 bits per heavy atom. The van der Waals surface area contributed by atoms with Crippen molar-refractivity contribution in [2.75, 3.05) is 11.9 Å². The van der Waals surface area contributed by atoms with Crippen LogP contribution in [0.3, 0.4) is 0 Å². The van der Waals surface area contributed by atoms with Gasteiger partial charge in [-0.3, -0.25) is 9.36 Å². The van der Waals surface area contributed by atoms with E-state index in [0.29, 0.717) is 0 Å². The molecule has 0 bridgehead atoms. The third-order valence-corrected chi connectivity index (χ3v) is 2.04. The van der Waals surface area contributed by atoms with Gasteiger partial charge in [0.05, 0.1) is 0 Å². The summed E-state index contributed by atoms with van der Waals surface area (Å²) in [4.78, 5) is 11.2. The van der Waals surface area contributed by atoms with Crippen LogP contribution in [0.1, 0.15) is 13.3 Å². The summed E-state index contributed by atoms with van der Waals surface area (Å²) in [6.45, 7) is 2.85. The molecule has 0 spiro atoms. The zero-order valence-electron chi connectivity index (χ0n) is 8.66. The first-order valence-corrected chi connectivity index (χ1v) is 4.77. The van der Waals surface area contributed by atoms with Crippen LogP contribution in [0.2, 0.25) is 0 Å². The van der Waals surface area contributed by atoms with Crippen LogP contribution in [0.5, 0.6) is 0 Å². The van der Waals surface area contributed by atoms with E-state index in [0.717, 1.165) is 18.8 Å². The van der Waals surface area contributed by atoms with Crippen molar-refractivity contribution in [3.8, 4) is 0 Å². The minimum Gasteiger partial charge on any atom is -0.371 e. The van der Waals surface area contributed by atoms with Crippen molar-refractivity contribution in [3.63, 3.8) is 0 Å². The maximum atomic E-state index is 11.2. The van der Waals surface area contributed by atoms with Gasteiger partial charge in [0.25, 0.3) is 5.56 Å². The number of pyridine rings is 1. The molecule has 14 heavy (non-hydrogen) atoms. The molecular formula is C11H16N2O. The number of hydrogen-bond acceptors (Lipinski definition) is 2. The number of allylic oxidation sites excluding steroid dienone is 1. The summed E-state index contributed by atoms with van der Waals surface area (Å²) in [6.07, 6.45) is 5.08. The van der Waals surface area contributed by atoms with Gasteiger partial charge < -0.3 is 5.32 Å². The molecule has 0 fully saturated rings. The number of hydrogen-bond donors (Lipinski definition) is 1. The summed E-state index contributed by atoms with van der Waals surface area (Å²) < 4.78 is 1.61. The number of anilines is 1. The average molecular weight is 192 g/mol. The highest BCUT2D eigenvalue weighted by molar-refractivity contribution is 5.34.